The highest BCUT2D eigenvalue weighted by molar-refractivity contribution is 4.22. The fourth-order valence-electron chi connectivity index (χ4n) is 0.118. The molecule has 0 saturated carbocycles. The van der Waals surface area contributed by atoms with E-state index in [1.54, 1.807) is 7.11 Å². The quantitative estimate of drug-likeness (QED) is 0.455. The molecule has 0 fully saturated rings. The SMILES string of the molecule is CCCN.COCCN.NCCO. The lowest BCUT2D eigenvalue weighted by atomic mass is 10.5. The molecule has 0 radical (unpaired) electrons. The summed E-state index contributed by atoms with van der Waals surface area (Å²) in [7, 11) is 1.63. The van der Waals surface area contributed by atoms with E-state index in [9.17, 15) is 0 Å². The van der Waals surface area contributed by atoms with Gasteiger partial charge in [-0.3, -0.25) is 0 Å². The Kier molecular flexibility index (Phi) is 42.5. The average Bonchev–Trinajstić information content (AvgIpc) is 2.20. The zero-order valence-electron chi connectivity index (χ0n) is 8.83. The molecule has 0 atom stereocenters. The fourth-order valence-corrected chi connectivity index (χ4v) is 0.118. The molecule has 0 rings (SSSR count). The molecule has 84 valence electrons. The maximum Gasteiger partial charge on any atom is 0.0584 e. The van der Waals surface area contributed by atoms with Crippen molar-refractivity contribution in [3.05, 3.63) is 0 Å². The van der Waals surface area contributed by atoms with Crippen LogP contribution in [-0.2, 0) is 4.74 Å². The van der Waals surface area contributed by atoms with Crippen molar-refractivity contribution in [2.45, 2.75) is 13.3 Å². The normalized spacial score (nSPS) is 7.85. The molecule has 0 spiro atoms. The predicted octanol–water partition coefficient (Wildman–Crippen LogP) is -1.12. The Morgan fingerprint density at radius 2 is 1.46 bits per heavy atom. The summed E-state index contributed by atoms with van der Waals surface area (Å²) in [4.78, 5) is 0. The summed E-state index contributed by atoms with van der Waals surface area (Å²) < 4.78 is 4.57. The van der Waals surface area contributed by atoms with Gasteiger partial charge in [-0.2, -0.15) is 0 Å². The van der Waals surface area contributed by atoms with Crippen LogP contribution < -0.4 is 17.2 Å². The molecule has 7 N–H and O–H groups in total. The van der Waals surface area contributed by atoms with Crippen molar-refractivity contribution in [3.63, 3.8) is 0 Å². The number of hydrogen-bond acceptors (Lipinski definition) is 5. The molecule has 0 aromatic rings. The average molecular weight is 195 g/mol. The number of methoxy groups -OCH3 is 1. The van der Waals surface area contributed by atoms with E-state index >= 15 is 0 Å². The highest BCUT2D eigenvalue weighted by Crippen LogP contribution is 1.57. The highest BCUT2D eigenvalue weighted by Gasteiger charge is 1.65. The number of aliphatic hydroxyl groups excluding tert-OH is 1. The Balaban J connectivity index is -0.000000117. The van der Waals surface area contributed by atoms with Gasteiger partial charge in [0.2, 0.25) is 0 Å². The molecule has 0 unspecified atom stereocenters. The Labute approximate surface area is 81.2 Å². The Hall–Kier alpha value is -0.200. The minimum absolute atomic E-state index is 0.0972. The van der Waals surface area contributed by atoms with Gasteiger partial charge in [-0.05, 0) is 13.0 Å². The minimum atomic E-state index is 0.0972. The van der Waals surface area contributed by atoms with Crippen LogP contribution in [0.5, 0.6) is 0 Å². The summed E-state index contributed by atoms with van der Waals surface area (Å²) in [5, 5.41) is 7.75. The van der Waals surface area contributed by atoms with Gasteiger partial charge >= 0.3 is 0 Å². The van der Waals surface area contributed by atoms with Crippen molar-refractivity contribution in [2.75, 3.05) is 40.0 Å². The van der Waals surface area contributed by atoms with Crippen molar-refractivity contribution in [1.82, 2.24) is 0 Å². The molecule has 0 aliphatic carbocycles. The molecule has 0 aliphatic heterocycles. The van der Waals surface area contributed by atoms with E-state index in [0.29, 0.717) is 19.7 Å². The van der Waals surface area contributed by atoms with Crippen molar-refractivity contribution in [2.24, 2.45) is 17.2 Å². The molecular weight excluding hydrogens is 170 g/mol. The zero-order valence-corrected chi connectivity index (χ0v) is 8.83. The monoisotopic (exact) mass is 195 g/mol. The third kappa shape index (κ3) is 78.5. The van der Waals surface area contributed by atoms with Crippen molar-refractivity contribution in [3.8, 4) is 0 Å². The van der Waals surface area contributed by atoms with E-state index < -0.39 is 0 Å². The molecule has 0 saturated heterocycles. The first-order chi connectivity index (χ1) is 6.24. The zero-order chi connectivity index (χ0) is 10.9. The number of rotatable bonds is 4. The van der Waals surface area contributed by atoms with Crippen LogP contribution in [0.15, 0.2) is 0 Å². The second-order valence-electron chi connectivity index (χ2n) is 2.08. The van der Waals surface area contributed by atoms with Crippen molar-refractivity contribution in [1.29, 1.82) is 0 Å². The van der Waals surface area contributed by atoms with E-state index in [-0.39, 0.29) is 6.61 Å². The van der Waals surface area contributed by atoms with Crippen LogP contribution in [0, 0.1) is 0 Å². The van der Waals surface area contributed by atoms with Gasteiger partial charge in [-0.25, -0.2) is 0 Å². The number of aliphatic hydroxyl groups is 1. The van der Waals surface area contributed by atoms with Crippen LogP contribution in [0.4, 0.5) is 0 Å². The van der Waals surface area contributed by atoms with Gasteiger partial charge in [-0.15, -0.1) is 0 Å². The first-order valence-electron chi connectivity index (χ1n) is 4.45. The smallest absolute Gasteiger partial charge is 0.0584 e. The topological polar surface area (TPSA) is 108 Å². The molecule has 13 heavy (non-hydrogen) atoms. The molecular formula is C8H25N3O2. The van der Waals surface area contributed by atoms with Crippen LogP contribution in [-0.4, -0.2) is 45.1 Å². The Morgan fingerprint density at radius 1 is 1.08 bits per heavy atom. The molecule has 5 nitrogen and oxygen atoms in total. The lowest BCUT2D eigenvalue weighted by Crippen LogP contribution is -2.05. The van der Waals surface area contributed by atoms with E-state index in [4.69, 9.17) is 22.3 Å². The van der Waals surface area contributed by atoms with Crippen molar-refractivity contribution < 1.29 is 9.84 Å². The van der Waals surface area contributed by atoms with Gasteiger partial charge in [0.1, 0.15) is 0 Å². The summed E-state index contributed by atoms with van der Waals surface area (Å²) in [5.41, 5.74) is 14.8. The Bertz CT molecular complexity index is 46.7. The second kappa shape index (κ2) is 29.8. The summed E-state index contributed by atoms with van der Waals surface area (Å²) in [5.74, 6) is 0. The van der Waals surface area contributed by atoms with E-state index in [1.165, 1.54) is 0 Å². The maximum absolute atomic E-state index is 7.75. The van der Waals surface area contributed by atoms with Crippen LogP contribution in [0.2, 0.25) is 0 Å². The molecule has 0 heterocycles. The number of hydrogen-bond donors (Lipinski definition) is 4. The molecule has 0 bridgehead atoms. The highest BCUT2D eigenvalue weighted by atomic mass is 16.5. The molecule has 0 aromatic heterocycles. The van der Waals surface area contributed by atoms with Gasteiger partial charge in [0.25, 0.3) is 0 Å². The molecule has 5 heteroatoms. The number of ether oxygens (including phenoxy) is 1. The van der Waals surface area contributed by atoms with Gasteiger partial charge < -0.3 is 27.0 Å². The van der Waals surface area contributed by atoms with E-state index in [0.717, 1.165) is 13.0 Å². The fraction of sp³-hybridized carbons (Fsp3) is 1.00. The van der Waals surface area contributed by atoms with Crippen LogP contribution in [0.25, 0.3) is 0 Å². The molecule has 0 amide bonds. The summed E-state index contributed by atoms with van der Waals surface area (Å²) in [6.45, 7) is 4.64. The number of nitrogens with two attached hydrogens (primary N) is 3. The molecule has 0 aromatic carbocycles. The van der Waals surface area contributed by atoms with Crippen LogP contribution in [0.3, 0.4) is 0 Å². The molecule has 0 aliphatic rings. The first kappa shape index (κ1) is 18.6. The summed E-state index contributed by atoms with van der Waals surface area (Å²) in [6.07, 6.45) is 1.10. The second-order valence-corrected chi connectivity index (χ2v) is 2.08. The van der Waals surface area contributed by atoms with Gasteiger partial charge in [-0.1, -0.05) is 6.92 Å². The van der Waals surface area contributed by atoms with Gasteiger partial charge in [0, 0.05) is 20.2 Å². The first-order valence-corrected chi connectivity index (χ1v) is 4.45. The minimum Gasteiger partial charge on any atom is -0.395 e. The maximum atomic E-state index is 7.75. The van der Waals surface area contributed by atoms with E-state index in [2.05, 4.69) is 11.7 Å². The lowest BCUT2D eigenvalue weighted by molar-refractivity contribution is 0.207. The van der Waals surface area contributed by atoms with Crippen molar-refractivity contribution >= 4 is 0 Å². The van der Waals surface area contributed by atoms with E-state index in [1.807, 2.05) is 0 Å². The third-order valence-electron chi connectivity index (χ3n) is 0.740. The predicted molar refractivity (Wildman–Crippen MR) is 56.4 cm³/mol. The van der Waals surface area contributed by atoms with Crippen LogP contribution in [0.1, 0.15) is 13.3 Å². The van der Waals surface area contributed by atoms with Gasteiger partial charge in [0.05, 0.1) is 13.2 Å². The standard InChI is InChI=1S/C3H9NO.C3H9N.C2H7NO/c1-5-3-2-4;1-2-3-4;3-1-2-4/h2-4H2,1H3;2-4H2,1H3;4H,1-3H2. The third-order valence-corrected chi connectivity index (χ3v) is 0.740. The summed E-state index contributed by atoms with van der Waals surface area (Å²) in [6, 6.07) is 0. The Morgan fingerprint density at radius 3 is 1.46 bits per heavy atom. The lowest BCUT2D eigenvalue weighted by Gasteiger charge is -1.85. The van der Waals surface area contributed by atoms with Gasteiger partial charge in [0.15, 0.2) is 0 Å². The summed E-state index contributed by atoms with van der Waals surface area (Å²) >= 11 is 0. The largest absolute Gasteiger partial charge is 0.395 e. The van der Waals surface area contributed by atoms with Crippen LogP contribution >= 0.6 is 0 Å².